The molecule has 1 fully saturated rings. The van der Waals surface area contributed by atoms with Crippen molar-refractivity contribution in [1.82, 2.24) is 0 Å². The molecule has 6 atom stereocenters. The summed E-state index contributed by atoms with van der Waals surface area (Å²) in [5, 5.41) is 50.3. The Labute approximate surface area is 390 Å². The Morgan fingerprint density at radius 3 is 1.23 bits per heavy atom. The molecule has 0 radical (unpaired) electrons. The first kappa shape index (κ1) is 61.1. The zero-order chi connectivity index (χ0) is 46.9. The molecule has 0 aliphatic heterocycles. The smallest absolute Gasteiger partial charge is 0.457 e. The molecule has 6 N–H and O–H groups in total. The Kier molecular flexibility index (Phi) is 40.3. The molecule has 0 spiro atoms. The lowest BCUT2D eigenvalue weighted by molar-refractivity contribution is -0.220. The summed E-state index contributed by atoms with van der Waals surface area (Å²) in [5.74, 6) is -0.476. The van der Waals surface area contributed by atoms with Gasteiger partial charge < -0.3 is 39.9 Å². The first-order chi connectivity index (χ1) is 31.0. The van der Waals surface area contributed by atoms with E-state index in [-0.39, 0.29) is 13.0 Å². The number of ether oxygens (including phenoxy) is 2. The quantitative estimate of drug-likeness (QED) is 0.0147. The number of hydrogen-bond donors (Lipinski definition) is 6. The van der Waals surface area contributed by atoms with Crippen molar-refractivity contribution in [1.29, 1.82) is 0 Å². The number of unbranched alkanes of at least 4 members (excludes halogenated alkanes) is 32. The molecular weight excluding hydrogens is 836 g/mol. The van der Waals surface area contributed by atoms with Crippen LogP contribution in [0.15, 0.2) is 12.2 Å². The van der Waals surface area contributed by atoms with E-state index in [1.54, 1.807) is 0 Å². The average molecular weight is 935 g/mol. The summed E-state index contributed by atoms with van der Waals surface area (Å²) in [6.45, 7) is 4.30. The van der Waals surface area contributed by atoms with Crippen LogP contribution in [0.5, 0.6) is 0 Å². The van der Waals surface area contributed by atoms with Gasteiger partial charge in [-0.05, 0) is 38.5 Å². The van der Waals surface area contributed by atoms with Gasteiger partial charge in [0.15, 0.2) is 0 Å². The largest absolute Gasteiger partial charge is 0.472 e. The van der Waals surface area contributed by atoms with Crippen LogP contribution in [-0.4, -0.2) is 98.9 Å². The van der Waals surface area contributed by atoms with Gasteiger partial charge >= 0.3 is 13.8 Å². The molecule has 1 saturated carbocycles. The molecule has 0 heterocycles. The van der Waals surface area contributed by atoms with Gasteiger partial charge in [0.1, 0.15) is 42.7 Å². The maximum Gasteiger partial charge on any atom is 0.472 e. The lowest BCUT2D eigenvalue weighted by Gasteiger charge is -2.41. The van der Waals surface area contributed by atoms with Crippen molar-refractivity contribution < 1.29 is 58.3 Å². The highest BCUT2D eigenvalue weighted by atomic mass is 31.2. The second kappa shape index (κ2) is 42.2. The molecule has 0 aromatic rings. The van der Waals surface area contributed by atoms with E-state index in [9.17, 15) is 39.8 Å². The molecule has 0 saturated heterocycles. The number of phosphoric ester groups is 1. The number of hydrogen-bond acceptors (Lipinski definition) is 11. The zero-order valence-electron chi connectivity index (χ0n) is 40.9. The van der Waals surface area contributed by atoms with Crippen LogP contribution in [0.25, 0.3) is 0 Å². The van der Waals surface area contributed by atoms with Crippen LogP contribution < -0.4 is 0 Å². The highest BCUT2D eigenvalue weighted by Gasteiger charge is 2.51. The van der Waals surface area contributed by atoms with Crippen LogP contribution in [0, 0.1) is 0 Å². The summed E-state index contributed by atoms with van der Waals surface area (Å²) in [6, 6.07) is 0. The van der Waals surface area contributed by atoms with Gasteiger partial charge in [-0.25, -0.2) is 4.57 Å². The summed E-state index contributed by atoms with van der Waals surface area (Å²) in [5.41, 5.74) is 0. The number of carbonyl (C=O) groups excluding carboxylic acids is 1. The monoisotopic (exact) mass is 935 g/mol. The van der Waals surface area contributed by atoms with Crippen molar-refractivity contribution in [3.63, 3.8) is 0 Å². The van der Waals surface area contributed by atoms with Crippen LogP contribution in [0.2, 0.25) is 0 Å². The third-order valence-corrected chi connectivity index (χ3v) is 13.6. The van der Waals surface area contributed by atoms with E-state index in [2.05, 4.69) is 26.0 Å². The lowest BCUT2D eigenvalue weighted by atomic mass is 9.85. The van der Waals surface area contributed by atoms with Crippen LogP contribution in [-0.2, 0) is 27.9 Å². The Balaban J connectivity index is 2.31. The van der Waals surface area contributed by atoms with Crippen molar-refractivity contribution in [2.45, 2.75) is 288 Å². The predicted molar refractivity (Wildman–Crippen MR) is 258 cm³/mol. The fourth-order valence-corrected chi connectivity index (χ4v) is 9.38. The normalized spacial score (nSPS) is 21.7. The highest BCUT2D eigenvalue weighted by molar-refractivity contribution is 7.47. The van der Waals surface area contributed by atoms with E-state index in [0.29, 0.717) is 13.0 Å². The van der Waals surface area contributed by atoms with E-state index >= 15 is 0 Å². The number of rotatable bonds is 46. The van der Waals surface area contributed by atoms with E-state index in [4.69, 9.17) is 18.5 Å². The summed E-state index contributed by atoms with van der Waals surface area (Å²) < 4.78 is 34.3. The Hall–Kier alpha value is -0.920. The van der Waals surface area contributed by atoms with Gasteiger partial charge in [-0.2, -0.15) is 0 Å². The van der Waals surface area contributed by atoms with Gasteiger partial charge in [0, 0.05) is 13.0 Å². The fourth-order valence-electron chi connectivity index (χ4n) is 8.41. The minimum absolute atomic E-state index is 0.0720. The topological polar surface area (TPSA) is 192 Å². The van der Waals surface area contributed by atoms with Gasteiger partial charge in [-0.1, -0.05) is 212 Å². The number of allylic oxidation sites excluding steroid dienone is 2. The molecule has 1 rings (SSSR count). The number of aliphatic hydroxyl groups is 5. The van der Waals surface area contributed by atoms with Crippen molar-refractivity contribution in [2.75, 3.05) is 19.8 Å². The molecule has 0 bridgehead atoms. The SMILES string of the molecule is CCCCCCCC/C=C\CCCCCCCCCC(=O)OC(COCCCCCCCCCCCCCCCCCCCCCC)COP(=O)(O)OC1C(O)C(O)C(O)C(O)C1O. The average Bonchev–Trinajstić information content (AvgIpc) is 3.28. The fraction of sp³-hybridized carbons (Fsp3) is 0.941. The van der Waals surface area contributed by atoms with Gasteiger partial charge in [0.05, 0.1) is 13.2 Å². The Morgan fingerprint density at radius 2 is 0.828 bits per heavy atom. The molecule has 0 aromatic heterocycles. The van der Waals surface area contributed by atoms with E-state index < -0.39 is 63.1 Å². The maximum atomic E-state index is 12.9. The second-order valence-electron chi connectivity index (χ2n) is 18.7. The van der Waals surface area contributed by atoms with E-state index in [1.807, 2.05) is 0 Å². The molecule has 0 aromatic carbocycles. The number of esters is 1. The van der Waals surface area contributed by atoms with Crippen molar-refractivity contribution in [3.05, 3.63) is 12.2 Å². The molecule has 1 aliphatic carbocycles. The summed E-state index contributed by atoms with van der Waals surface area (Å²) in [6.07, 6.45) is 35.6. The van der Waals surface area contributed by atoms with Gasteiger partial charge in [-0.15, -0.1) is 0 Å². The van der Waals surface area contributed by atoms with Crippen molar-refractivity contribution in [2.24, 2.45) is 0 Å². The molecule has 1 aliphatic rings. The minimum atomic E-state index is -5.02. The predicted octanol–water partition coefficient (Wildman–Crippen LogP) is 11.9. The van der Waals surface area contributed by atoms with Gasteiger partial charge in [-0.3, -0.25) is 13.8 Å². The third-order valence-electron chi connectivity index (χ3n) is 12.6. The summed E-state index contributed by atoms with van der Waals surface area (Å²) in [4.78, 5) is 23.2. The van der Waals surface area contributed by atoms with Crippen LogP contribution >= 0.6 is 7.82 Å². The van der Waals surface area contributed by atoms with Gasteiger partial charge in [0.2, 0.25) is 0 Å². The Morgan fingerprint density at radius 1 is 0.484 bits per heavy atom. The highest BCUT2D eigenvalue weighted by Crippen LogP contribution is 2.47. The summed E-state index contributed by atoms with van der Waals surface area (Å²) >= 11 is 0. The standard InChI is InChI=1S/C51H99O12P/c1-3-5-7-9-11-13-15-17-19-21-22-23-25-27-29-31-33-35-37-39-41-60-42-44(43-61-64(58,59)63-51-49(56)47(54)46(53)48(55)50(51)57)62-45(52)40-38-36-34-32-30-28-26-24-20-18-16-14-12-10-8-6-4-2/h18,20,44,46-51,53-57H,3-17,19,21-43H2,1-2H3,(H,58,59)/b20-18-. The first-order valence-electron chi connectivity index (χ1n) is 26.5. The minimum Gasteiger partial charge on any atom is -0.457 e. The maximum absolute atomic E-state index is 12.9. The molecule has 0 amide bonds. The van der Waals surface area contributed by atoms with E-state index in [0.717, 1.165) is 44.9 Å². The van der Waals surface area contributed by atoms with Crippen molar-refractivity contribution >= 4 is 13.8 Å². The number of phosphoric acid groups is 1. The molecule has 12 nitrogen and oxygen atoms in total. The zero-order valence-corrected chi connectivity index (χ0v) is 41.7. The Bertz CT molecular complexity index is 1110. The molecule has 6 unspecified atom stereocenters. The van der Waals surface area contributed by atoms with Crippen LogP contribution in [0.1, 0.15) is 245 Å². The first-order valence-corrected chi connectivity index (χ1v) is 28.0. The molecule has 380 valence electrons. The number of aliphatic hydroxyl groups excluding tert-OH is 5. The van der Waals surface area contributed by atoms with Crippen LogP contribution in [0.3, 0.4) is 0 Å². The van der Waals surface area contributed by atoms with Gasteiger partial charge in [0.25, 0.3) is 0 Å². The second-order valence-corrected chi connectivity index (χ2v) is 20.1. The number of carbonyl (C=O) groups is 1. The molecule has 64 heavy (non-hydrogen) atoms. The molecular formula is C51H99O12P. The van der Waals surface area contributed by atoms with E-state index in [1.165, 1.54) is 173 Å². The third kappa shape index (κ3) is 33.5. The van der Waals surface area contributed by atoms with Crippen molar-refractivity contribution in [3.8, 4) is 0 Å². The summed E-state index contributed by atoms with van der Waals surface area (Å²) in [7, 11) is -5.02. The van der Waals surface area contributed by atoms with Crippen LogP contribution in [0.4, 0.5) is 0 Å². The molecule has 13 heteroatoms. The lowest BCUT2D eigenvalue weighted by Crippen LogP contribution is -2.64.